The van der Waals surface area contributed by atoms with Crippen molar-refractivity contribution in [2.24, 2.45) is 40.7 Å². The number of rotatable bonds is 6. The van der Waals surface area contributed by atoms with Crippen molar-refractivity contribution in [3.8, 4) is 0 Å². The highest BCUT2D eigenvalue weighted by Crippen LogP contribution is 2.61. The van der Waals surface area contributed by atoms with Crippen molar-refractivity contribution in [2.45, 2.75) is 65.3 Å². The molecule has 4 aliphatic rings. The molecule has 4 aliphatic carbocycles. The van der Waals surface area contributed by atoms with Crippen molar-refractivity contribution in [2.75, 3.05) is 13.1 Å². The van der Waals surface area contributed by atoms with Gasteiger partial charge in [0.2, 0.25) is 0 Å². The van der Waals surface area contributed by atoms with Gasteiger partial charge in [-0.05, 0) is 93.5 Å². The summed E-state index contributed by atoms with van der Waals surface area (Å²) >= 11 is 0. The number of hydrogen-bond donors (Lipinski definition) is 2. The van der Waals surface area contributed by atoms with Crippen LogP contribution in [-0.2, 0) is 0 Å². The van der Waals surface area contributed by atoms with E-state index in [9.17, 15) is 0 Å². The normalized spacial score (nSPS) is 42.1. The SMILES string of the molecule is CC(C)C(CN)CNC(C)C12CC3CC(CC(C3)C1)C2. The van der Waals surface area contributed by atoms with Gasteiger partial charge < -0.3 is 11.1 Å². The van der Waals surface area contributed by atoms with Gasteiger partial charge in [0.05, 0.1) is 0 Å². The molecule has 4 bridgehead atoms. The molecule has 0 aromatic rings. The monoisotopic (exact) mass is 278 g/mol. The summed E-state index contributed by atoms with van der Waals surface area (Å²) in [5.41, 5.74) is 6.56. The van der Waals surface area contributed by atoms with Crippen molar-refractivity contribution in [3.63, 3.8) is 0 Å². The maximum Gasteiger partial charge on any atom is 0.00956 e. The van der Waals surface area contributed by atoms with Crippen molar-refractivity contribution in [1.29, 1.82) is 0 Å². The molecule has 4 saturated carbocycles. The summed E-state index contributed by atoms with van der Waals surface area (Å²) in [5.74, 6) is 4.49. The molecule has 4 fully saturated rings. The molecule has 0 heterocycles. The molecule has 0 saturated heterocycles. The third-order valence-electron chi connectivity index (χ3n) is 6.94. The highest BCUT2D eigenvalue weighted by molar-refractivity contribution is 5.05. The lowest BCUT2D eigenvalue weighted by molar-refractivity contribution is -0.0709. The minimum absolute atomic E-state index is 0.630. The number of hydrogen-bond acceptors (Lipinski definition) is 2. The lowest BCUT2D eigenvalue weighted by Gasteiger charge is -2.59. The molecule has 20 heavy (non-hydrogen) atoms. The summed E-state index contributed by atoms with van der Waals surface area (Å²) in [6.45, 7) is 8.99. The minimum Gasteiger partial charge on any atom is -0.330 e. The smallest absolute Gasteiger partial charge is 0.00956 e. The lowest BCUT2D eigenvalue weighted by atomic mass is 9.48. The molecule has 2 nitrogen and oxygen atoms in total. The average molecular weight is 278 g/mol. The number of nitrogens with one attached hydrogen (secondary N) is 1. The summed E-state index contributed by atoms with van der Waals surface area (Å²) in [4.78, 5) is 0. The summed E-state index contributed by atoms with van der Waals surface area (Å²) in [5, 5.41) is 3.89. The molecule has 2 atom stereocenters. The minimum atomic E-state index is 0.630. The van der Waals surface area contributed by atoms with E-state index in [0.29, 0.717) is 23.3 Å². The Bertz CT molecular complexity index is 301. The van der Waals surface area contributed by atoms with Gasteiger partial charge in [0.25, 0.3) is 0 Å². The quantitative estimate of drug-likeness (QED) is 0.781. The average Bonchev–Trinajstić information content (AvgIpc) is 2.37. The second-order valence-electron chi connectivity index (χ2n) is 8.65. The summed E-state index contributed by atoms with van der Waals surface area (Å²) in [6, 6.07) is 0.684. The van der Waals surface area contributed by atoms with E-state index in [1.54, 1.807) is 19.3 Å². The Morgan fingerprint density at radius 1 is 1.00 bits per heavy atom. The van der Waals surface area contributed by atoms with E-state index >= 15 is 0 Å². The molecule has 3 N–H and O–H groups in total. The fraction of sp³-hybridized carbons (Fsp3) is 1.00. The fourth-order valence-corrected chi connectivity index (χ4v) is 5.84. The third-order valence-corrected chi connectivity index (χ3v) is 6.94. The van der Waals surface area contributed by atoms with E-state index in [1.165, 1.54) is 19.3 Å². The van der Waals surface area contributed by atoms with E-state index in [0.717, 1.165) is 30.8 Å². The molecule has 0 aromatic heterocycles. The Morgan fingerprint density at radius 3 is 1.90 bits per heavy atom. The van der Waals surface area contributed by atoms with Crippen molar-refractivity contribution < 1.29 is 0 Å². The van der Waals surface area contributed by atoms with Crippen LogP contribution in [-0.4, -0.2) is 19.1 Å². The van der Waals surface area contributed by atoms with Gasteiger partial charge in [-0.2, -0.15) is 0 Å². The van der Waals surface area contributed by atoms with Gasteiger partial charge in [0.1, 0.15) is 0 Å². The second-order valence-corrected chi connectivity index (χ2v) is 8.65. The molecular formula is C18H34N2. The van der Waals surface area contributed by atoms with Gasteiger partial charge in [-0.15, -0.1) is 0 Å². The van der Waals surface area contributed by atoms with Crippen LogP contribution in [0, 0.1) is 35.0 Å². The van der Waals surface area contributed by atoms with Gasteiger partial charge >= 0.3 is 0 Å². The fourth-order valence-electron chi connectivity index (χ4n) is 5.84. The van der Waals surface area contributed by atoms with Crippen LogP contribution in [0.5, 0.6) is 0 Å². The first-order valence-corrected chi connectivity index (χ1v) is 8.96. The summed E-state index contributed by atoms with van der Waals surface area (Å²) in [6.07, 6.45) is 9.14. The maximum absolute atomic E-state index is 5.93. The van der Waals surface area contributed by atoms with Gasteiger partial charge in [0.15, 0.2) is 0 Å². The molecule has 2 heteroatoms. The molecule has 0 spiro atoms. The van der Waals surface area contributed by atoms with E-state index in [2.05, 4.69) is 26.1 Å². The molecule has 0 radical (unpaired) electrons. The van der Waals surface area contributed by atoms with E-state index in [1.807, 2.05) is 0 Å². The standard InChI is InChI=1S/C18H34N2/c1-12(2)17(10-19)11-20-13(3)18-7-14-4-15(8-18)6-16(5-14)9-18/h12-17,20H,4-11,19H2,1-3H3. The Balaban J connectivity index is 1.61. The Labute approximate surface area is 125 Å². The van der Waals surface area contributed by atoms with Crippen LogP contribution in [0.3, 0.4) is 0 Å². The van der Waals surface area contributed by atoms with E-state index in [-0.39, 0.29) is 0 Å². The van der Waals surface area contributed by atoms with Gasteiger partial charge in [-0.1, -0.05) is 13.8 Å². The lowest BCUT2D eigenvalue weighted by Crippen LogP contribution is -2.55. The highest BCUT2D eigenvalue weighted by Gasteiger charge is 2.52. The number of nitrogens with two attached hydrogens (primary N) is 1. The largest absolute Gasteiger partial charge is 0.330 e. The van der Waals surface area contributed by atoms with Crippen LogP contribution in [0.25, 0.3) is 0 Å². The molecular weight excluding hydrogens is 244 g/mol. The summed E-state index contributed by atoms with van der Waals surface area (Å²) in [7, 11) is 0. The maximum atomic E-state index is 5.93. The first-order chi connectivity index (χ1) is 9.52. The molecule has 0 amide bonds. The van der Waals surface area contributed by atoms with E-state index in [4.69, 9.17) is 5.73 Å². The Morgan fingerprint density at radius 2 is 1.50 bits per heavy atom. The molecule has 116 valence electrons. The zero-order valence-corrected chi connectivity index (χ0v) is 13.7. The second kappa shape index (κ2) is 5.61. The molecule has 0 aromatic carbocycles. The molecule has 4 rings (SSSR count). The topological polar surface area (TPSA) is 38.0 Å². The predicted octanol–water partition coefficient (Wildman–Crippen LogP) is 3.41. The van der Waals surface area contributed by atoms with Gasteiger partial charge in [0, 0.05) is 6.04 Å². The van der Waals surface area contributed by atoms with Crippen LogP contribution < -0.4 is 11.1 Å². The third kappa shape index (κ3) is 2.66. The van der Waals surface area contributed by atoms with Crippen molar-refractivity contribution in [3.05, 3.63) is 0 Å². The Kier molecular flexibility index (Phi) is 4.16. The highest BCUT2D eigenvalue weighted by atomic mass is 14.9. The Hall–Kier alpha value is -0.0800. The van der Waals surface area contributed by atoms with Crippen LogP contribution in [0.2, 0.25) is 0 Å². The predicted molar refractivity (Wildman–Crippen MR) is 85.5 cm³/mol. The zero-order valence-electron chi connectivity index (χ0n) is 13.7. The molecule has 0 aliphatic heterocycles. The van der Waals surface area contributed by atoms with Crippen LogP contribution >= 0.6 is 0 Å². The van der Waals surface area contributed by atoms with Crippen LogP contribution in [0.4, 0.5) is 0 Å². The summed E-state index contributed by atoms with van der Waals surface area (Å²) < 4.78 is 0. The molecule has 2 unspecified atom stereocenters. The van der Waals surface area contributed by atoms with Crippen molar-refractivity contribution >= 4 is 0 Å². The van der Waals surface area contributed by atoms with Crippen LogP contribution in [0.1, 0.15) is 59.3 Å². The van der Waals surface area contributed by atoms with Crippen molar-refractivity contribution in [1.82, 2.24) is 5.32 Å². The zero-order chi connectivity index (χ0) is 14.3. The van der Waals surface area contributed by atoms with Gasteiger partial charge in [-0.3, -0.25) is 0 Å². The first kappa shape index (κ1) is 14.8. The van der Waals surface area contributed by atoms with E-state index < -0.39 is 0 Å². The van der Waals surface area contributed by atoms with Gasteiger partial charge in [-0.25, -0.2) is 0 Å². The first-order valence-electron chi connectivity index (χ1n) is 8.96. The van der Waals surface area contributed by atoms with Crippen LogP contribution in [0.15, 0.2) is 0 Å².